The summed E-state index contributed by atoms with van der Waals surface area (Å²) in [4.78, 5) is 16.6. The molecule has 1 aliphatic carbocycles. The van der Waals surface area contributed by atoms with E-state index in [0.29, 0.717) is 5.41 Å². The largest absolute Gasteiger partial charge is 0.351 e. The van der Waals surface area contributed by atoms with Gasteiger partial charge in [-0.25, -0.2) is 4.98 Å². The van der Waals surface area contributed by atoms with Crippen LogP contribution in [0.2, 0.25) is 0 Å². The van der Waals surface area contributed by atoms with Gasteiger partial charge in [0, 0.05) is 11.9 Å². The number of nitrogens with one attached hydrogen (secondary N) is 1. The first kappa shape index (κ1) is 11.1. The third kappa shape index (κ3) is 2.39. The average Bonchev–Trinajstić information content (AvgIpc) is 2.91. The Morgan fingerprint density at radius 1 is 1.73 bits per heavy atom. The topological polar surface area (TPSA) is 42.0 Å². The second-order valence-corrected chi connectivity index (χ2v) is 5.50. The van der Waals surface area contributed by atoms with Gasteiger partial charge in [0.15, 0.2) is 0 Å². The predicted octanol–water partition coefficient (Wildman–Crippen LogP) is 2.36. The van der Waals surface area contributed by atoms with Gasteiger partial charge in [-0.1, -0.05) is 15.9 Å². The zero-order valence-electron chi connectivity index (χ0n) is 8.55. The van der Waals surface area contributed by atoms with E-state index in [0.717, 1.165) is 22.4 Å². The van der Waals surface area contributed by atoms with Gasteiger partial charge in [-0.15, -0.1) is 11.3 Å². The molecule has 3 nitrogen and oxygen atoms in total. The number of amides is 1. The molecule has 5 heteroatoms. The number of hydrogen-bond acceptors (Lipinski definition) is 3. The number of halogens is 1. The van der Waals surface area contributed by atoms with Crippen LogP contribution in [0.5, 0.6) is 0 Å². The van der Waals surface area contributed by atoms with E-state index in [1.165, 1.54) is 24.2 Å². The summed E-state index contributed by atoms with van der Waals surface area (Å²) in [6.07, 6.45) is 2.42. The summed E-state index contributed by atoms with van der Waals surface area (Å²) < 4.78 is 0. The van der Waals surface area contributed by atoms with Gasteiger partial charge in [-0.2, -0.15) is 0 Å². The molecule has 2 rings (SSSR count). The van der Waals surface area contributed by atoms with Crippen LogP contribution in [-0.2, 0) is 0 Å². The second kappa shape index (κ2) is 4.22. The van der Waals surface area contributed by atoms with Crippen LogP contribution >= 0.6 is 27.3 Å². The first-order valence-corrected chi connectivity index (χ1v) is 6.91. The molecular formula is C10H13BrN2OS. The highest BCUT2D eigenvalue weighted by molar-refractivity contribution is 9.09. The van der Waals surface area contributed by atoms with E-state index in [1.54, 1.807) is 5.51 Å². The van der Waals surface area contributed by atoms with Crippen LogP contribution < -0.4 is 5.32 Å². The van der Waals surface area contributed by atoms with Crippen molar-refractivity contribution in [2.75, 3.05) is 11.9 Å². The van der Waals surface area contributed by atoms with Crippen LogP contribution in [0.1, 0.15) is 28.2 Å². The third-order valence-corrected chi connectivity index (χ3v) is 4.93. The number of hydrogen-bond donors (Lipinski definition) is 1. The Morgan fingerprint density at radius 2 is 2.47 bits per heavy atom. The van der Waals surface area contributed by atoms with E-state index < -0.39 is 0 Å². The normalized spacial score (nSPS) is 17.5. The standard InChI is InChI=1S/C10H13BrN2OS/c1-7-8(15-6-13-7)9(14)12-5-10(4-11)2-3-10/h6H,2-5H2,1H3,(H,12,14). The molecule has 0 spiro atoms. The summed E-state index contributed by atoms with van der Waals surface area (Å²) in [6.45, 7) is 2.64. The molecule has 82 valence electrons. The summed E-state index contributed by atoms with van der Waals surface area (Å²) in [6, 6.07) is 0. The predicted molar refractivity (Wildman–Crippen MR) is 64.6 cm³/mol. The summed E-state index contributed by atoms with van der Waals surface area (Å²) >= 11 is 4.89. The number of aryl methyl sites for hydroxylation is 1. The molecule has 0 saturated heterocycles. The van der Waals surface area contributed by atoms with Gasteiger partial charge >= 0.3 is 0 Å². The maximum atomic E-state index is 11.8. The molecular weight excluding hydrogens is 276 g/mol. The average molecular weight is 289 g/mol. The van der Waals surface area contributed by atoms with Crippen molar-refractivity contribution in [3.8, 4) is 0 Å². The Hall–Kier alpha value is -0.420. The smallest absolute Gasteiger partial charge is 0.263 e. The van der Waals surface area contributed by atoms with E-state index in [-0.39, 0.29) is 5.91 Å². The number of carbonyl (C=O) groups is 1. The van der Waals surface area contributed by atoms with Crippen molar-refractivity contribution in [1.29, 1.82) is 0 Å². The van der Waals surface area contributed by atoms with Crippen molar-refractivity contribution >= 4 is 33.2 Å². The lowest BCUT2D eigenvalue weighted by molar-refractivity contribution is 0.0950. The first-order chi connectivity index (χ1) is 7.17. The van der Waals surface area contributed by atoms with Gasteiger partial charge < -0.3 is 5.32 Å². The molecule has 0 unspecified atom stereocenters. The van der Waals surface area contributed by atoms with Crippen LogP contribution in [0.25, 0.3) is 0 Å². The van der Waals surface area contributed by atoms with Gasteiger partial charge in [0.25, 0.3) is 5.91 Å². The lowest BCUT2D eigenvalue weighted by Crippen LogP contribution is -2.30. The lowest BCUT2D eigenvalue weighted by Gasteiger charge is -2.11. The molecule has 1 aliphatic rings. The number of nitrogens with zero attached hydrogens (tertiary/aromatic N) is 1. The molecule has 1 amide bonds. The fourth-order valence-corrected chi connectivity index (χ4v) is 2.88. The van der Waals surface area contributed by atoms with Gasteiger partial charge in [0.05, 0.1) is 11.2 Å². The summed E-state index contributed by atoms with van der Waals surface area (Å²) in [7, 11) is 0. The maximum Gasteiger partial charge on any atom is 0.263 e. The second-order valence-electron chi connectivity index (χ2n) is 4.08. The van der Waals surface area contributed by atoms with E-state index in [4.69, 9.17) is 0 Å². The van der Waals surface area contributed by atoms with Crippen molar-refractivity contribution in [1.82, 2.24) is 10.3 Å². The molecule has 0 aliphatic heterocycles. The van der Waals surface area contributed by atoms with Crippen molar-refractivity contribution in [3.63, 3.8) is 0 Å². The minimum absolute atomic E-state index is 0.0159. The molecule has 0 aromatic carbocycles. The number of aromatic nitrogens is 1. The fourth-order valence-electron chi connectivity index (χ4n) is 1.40. The van der Waals surface area contributed by atoms with Crippen molar-refractivity contribution in [3.05, 3.63) is 16.1 Å². The number of alkyl halides is 1. The van der Waals surface area contributed by atoms with E-state index in [2.05, 4.69) is 26.2 Å². The Bertz CT molecular complexity index is 373. The van der Waals surface area contributed by atoms with Gasteiger partial charge in [-0.05, 0) is 25.2 Å². The minimum atomic E-state index is 0.0159. The number of thiazole rings is 1. The Morgan fingerprint density at radius 3 is 2.93 bits per heavy atom. The minimum Gasteiger partial charge on any atom is -0.351 e. The highest BCUT2D eigenvalue weighted by atomic mass is 79.9. The van der Waals surface area contributed by atoms with Gasteiger partial charge in [0.2, 0.25) is 0 Å². The Kier molecular flexibility index (Phi) is 3.11. The fraction of sp³-hybridized carbons (Fsp3) is 0.600. The highest BCUT2D eigenvalue weighted by Crippen LogP contribution is 2.46. The zero-order valence-corrected chi connectivity index (χ0v) is 10.9. The molecule has 1 aromatic rings. The van der Waals surface area contributed by atoms with E-state index in [1.807, 2.05) is 6.92 Å². The molecule has 1 heterocycles. The summed E-state index contributed by atoms with van der Waals surface area (Å²) in [5, 5.41) is 3.96. The molecule has 15 heavy (non-hydrogen) atoms. The maximum absolute atomic E-state index is 11.8. The van der Waals surface area contributed by atoms with Crippen LogP contribution in [0.4, 0.5) is 0 Å². The number of carbonyl (C=O) groups excluding carboxylic acids is 1. The van der Waals surface area contributed by atoms with Crippen molar-refractivity contribution in [2.24, 2.45) is 5.41 Å². The summed E-state index contributed by atoms with van der Waals surface area (Å²) in [5.74, 6) is 0.0159. The Balaban J connectivity index is 1.91. The van der Waals surface area contributed by atoms with E-state index >= 15 is 0 Å². The zero-order chi connectivity index (χ0) is 10.9. The Labute approximate surface area is 101 Å². The highest BCUT2D eigenvalue weighted by Gasteiger charge is 2.41. The molecule has 1 saturated carbocycles. The quantitative estimate of drug-likeness (QED) is 0.865. The number of rotatable bonds is 4. The molecule has 0 bridgehead atoms. The molecule has 0 radical (unpaired) electrons. The van der Waals surface area contributed by atoms with Gasteiger partial charge in [-0.3, -0.25) is 4.79 Å². The molecule has 0 atom stereocenters. The SMILES string of the molecule is Cc1ncsc1C(=O)NCC1(CBr)CC1. The lowest BCUT2D eigenvalue weighted by atomic mass is 10.1. The van der Waals surface area contributed by atoms with Crippen LogP contribution in [0.15, 0.2) is 5.51 Å². The van der Waals surface area contributed by atoms with E-state index in [9.17, 15) is 4.79 Å². The van der Waals surface area contributed by atoms with Gasteiger partial charge in [0.1, 0.15) is 4.88 Å². The van der Waals surface area contributed by atoms with Crippen LogP contribution in [0.3, 0.4) is 0 Å². The third-order valence-electron chi connectivity index (χ3n) is 2.82. The molecule has 1 N–H and O–H groups in total. The molecule has 1 aromatic heterocycles. The monoisotopic (exact) mass is 288 g/mol. The van der Waals surface area contributed by atoms with Crippen LogP contribution in [-0.4, -0.2) is 22.8 Å². The van der Waals surface area contributed by atoms with Crippen molar-refractivity contribution < 1.29 is 4.79 Å². The summed E-state index contributed by atoms with van der Waals surface area (Å²) in [5.41, 5.74) is 2.86. The van der Waals surface area contributed by atoms with Crippen molar-refractivity contribution in [2.45, 2.75) is 19.8 Å². The molecule has 1 fully saturated rings. The first-order valence-electron chi connectivity index (χ1n) is 4.91. The van der Waals surface area contributed by atoms with Crippen LogP contribution in [0, 0.1) is 12.3 Å².